The van der Waals surface area contributed by atoms with Crippen molar-refractivity contribution < 1.29 is 14.2 Å². The fraction of sp³-hybridized carbons (Fsp3) is 0.462. The van der Waals surface area contributed by atoms with E-state index < -0.39 is 0 Å². The van der Waals surface area contributed by atoms with Crippen LogP contribution < -0.4 is 15.4 Å². The maximum atomic E-state index is 11.7. The Balaban J connectivity index is 2.32. The lowest BCUT2D eigenvalue weighted by Crippen LogP contribution is -2.41. The molecule has 1 heterocycles. The van der Waals surface area contributed by atoms with Gasteiger partial charge in [0, 0.05) is 18.6 Å². The van der Waals surface area contributed by atoms with Crippen molar-refractivity contribution >= 4 is 11.8 Å². The normalized spacial score (nSPS) is 9.89. The number of hydrazine groups is 1. The van der Waals surface area contributed by atoms with Gasteiger partial charge in [-0.2, -0.15) is 0 Å². The van der Waals surface area contributed by atoms with Crippen LogP contribution in [0.5, 0.6) is 0 Å². The molecule has 18 heavy (non-hydrogen) atoms. The average Bonchev–Trinajstić information content (AvgIpc) is 2.37. The van der Waals surface area contributed by atoms with Crippen LogP contribution in [0, 0.1) is 0 Å². The Bertz CT molecular complexity index is 401. The third kappa shape index (κ3) is 4.95. The summed E-state index contributed by atoms with van der Waals surface area (Å²) >= 11 is 0. The van der Waals surface area contributed by atoms with Gasteiger partial charge in [-0.25, -0.2) is 4.57 Å². The molecule has 0 unspecified atom stereocenters. The number of unbranched alkanes of at least 4 members (excludes halogenated alkanes) is 2. The molecule has 0 bridgehead atoms. The van der Waals surface area contributed by atoms with Crippen LogP contribution in [0.25, 0.3) is 0 Å². The molecule has 1 rings (SSSR count). The van der Waals surface area contributed by atoms with Gasteiger partial charge < -0.3 is 0 Å². The molecule has 2 N–H and O–H groups in total. The molecule has 0 aliphatic heterocycles. The maximum Gasteiger partial charge on any atom is 0.270 e. The number of carbonyl (C=O) groups is 2. The van der Waals surface area contributed by atoms with Crippen molar-refractivity contribution in [3.8, 4) is 0 Å². The van der Waals surface area contributed by atoms with Crippen LogP contribution in [0.4, 0.5) is 0 Å². The van der Waals surface area contributed by atoms with Crippen molar-refractivity contribution in [1.29, 1.82) is 0 Å². The zero-order chi connectivity index (χ0) is 13.4. The number of nitrogens with zero attached hydrogens (tertiary/aromatic N) is 1. The van der Waals surface area contributed by atoms with Crippen LogP contribution in [0.3, 0.4) is 0 Å². The van der Waals surface area contributed by atoms with E-state index in [1.807, 2.05) is 11.6 Å². The third-order valence-corrected chi connectivity index (χ3v) is 2.56. The van der Waals surface area contributed by atoms with E-state index in [4.69, 9.17) is 0 Å². The van der Waals surface area contributed by atoms with E-state index in [-0.39, 0.29) is 11.8 Å². The Hall–Kier alpha value is -1.91. The van der Waals surface area contributed by atoms with E-state index in [1.165, 1.54) is 0 Å². The van der Waals surface area contributed by atoms with Crippen LogP contribution in [0.1, 0.15) is 43.0 Å². The van der Waals surface area contributed by atoms with E-state index in [9.17, 15) is 9.59 Å². The van der Waals surface area contributed by atoms with E-state index in [0.717, 1.165) is 19.3 Å². The number of hydrogen-bond acceptors (Lipinski definition) is 2. The lowest BCUT2D eigenvalue weighted by molar-refractivity contribution is -0.671. The Labute approximate surface area is 107 Å². The molecule has 0 aliphatic carbocycles. The van der Waals surface area contributed by atoms with Gasteiger partial charge in [-0.3, -0.25) is 20.4 Å². The number of pyridine rings is 1. The van der Waals surface area contributed by atoms with Crippen LogP contribution in [-0.4, -0.2) is 11.8 Å². The quantitative estimate of drug-likeness (QED) is 0.462. The Morgan fingerprint density at radius 3 is 2.44 bits per heavy atom. The summed E-state index contributed by atoms with van der Waals surface area (Å²) in [6.07, 6.45) is 6.93. The molecular weight excluding hydrogens is 230 g/mol. The summed E-state index contributed by atoms with van der Waals surface area (Å²) in [7, 11) is 1.87. The number of aryl methyl sites for hydroxylation is 1. The molecule has 0 radical (unpaired) electrons. The lowest BCUT2D eigenvalue weighted by atomic mass is 10.2. The second-order valence-corrected chi connectivity index (χ2v) is 4.21. The number of carbonyl (C=O) groups excluding carboxylic acids is 2. The highest BCUT2D eigenvalue weighted by atomic mass is 16.2. The minimum absolute atomic E-state index is 0.154. The van der Waals surface area contributed by atoms with Gasteiger partial charge in [0.15, 0.2) is 12.4 Å². The molecule has 98 valence electrons. The molecule has 5 heteroatoms. The molecule has 1 aromatic heterocycles. The first-order valence-electron chi connectivity index (χ1n) is 6.18. The zero-order valence-electron chi connectivity index (χ0n) is 10.9. The first kappa shape index (κ1) is 14.2. The van der Waals surface area contributed by atoms with E-state index >= 15 is 0 Å². The number of hydrogen-bond donors (Lipinski definition) is 2. The summed E-state index contributed by atoms with van der Waals surface area (Å²) in [5.41, 5.74) is 5.32. The Kier molecular flexibility index (Phi) is 5.84. The molecule has 0 saturated heterocycles. The predicted molar refractivity (Wildman–Crippen MR) is 67.4 cm³/mol. The van der Waals surface area contributed by atoms with E-state index in [0.29, 0.717) is 12.0 Å². The van der Waals surface area contributed by atoms with Crippen molar-refractivity contribution in [3.05, 3.63) is 30.1 Å². The maximum absolute atomic E-state index is 11.7. The monoisotopic (exact) mass is 250 g/mol. The summed E-state index contributed by atoms with van der Waals surface area (Å²) in [5, 5.41) is 0. The minimum Gasteiger partial charge on any atom is -0.273 e. The second kappa shape index (κ2) is 7.42. The van der Waals surface area contributed by atoms with Gasteiger partial charge in [0.25, 0.3) is 5.91 Å². The third-order valence-electron chi connectivity index (χ3n) is 2.56. The standard InChI is InChI=1S/C13H19N3O2/c1-3-4-5-6-12(17)14-15-13(18)11-7-9-16(2)10-8-11/h7-10,18H,3-6H2,1-2H3/p+1. The molecule has 0 saturated carbocycles. The fourth-order valence-electron chi connectivity index (χ4n) is 1.45. The highest BCUT2D eigenvalue weighted by Crippen LogP contribution is 1.98. The molecule has 0 atom stereocenters. The summed E-state index contributed by atoms with van der Waals surface area (Å²) < 4.78 is 1.83. The van der Waals surface area contributed by atoms with Crippen molar-refractivity contribution in [2.45, 2.75) is 32.6 Å². The number of amides is 2. The molecule has 0 aromatic carbocycles. The van der Waals surface area contributed by atoms with E-state index in [1.54, 1.807) is 24.5 Å². The SMILES string of the molecule is CCCCCC(=O)NNC(=O)c1cc[n+](C)cc1. The van der Waals surface area contributed by atoms with Crippen LogP contribution >= 0.6 is 0 Å². The summed E-state index contributed by atoms with van der Waals surface area (Å²) in [6.45, 7) is 2.08. The lowest BCUT2D eigenvalue weighted by Gasteiger charge is -2.06. The predicted octanol–water partition coefficient (Wildman–Crippen LogP) is 0.852. The van der Waals surface area contributed by atoms with Crippen molar-refractivity contribution in [3.63, 3.8) is 0 Å². The van der Waals surface area contributed by atoms with Gasteiger partial charge >= 0.3 is 0 Å². The van der Waals surface area contributed by atoms with Gasteiger partial charge in [0.05, 0.1) is 5.56 Å². The number of nitrogens with one attached hydrogen (secondary N) is 2. The number of aromatic nitrogens is 1. The molecular formula is C13H20N3O2+. The van der Waals surface area contributed by atoms with Gasteiger partial charge in [-0.1, -0.05) is 19.8 Å². The Morgan fingerprint density at radius 2 is 1.83 bits per heavy atom. The van der Waals surface area contributed by atoms with Gasteiger partial charge in [0.2, 0.25) is 5.91 Å². The van der Waals surface area contributed by atoms with Gasteiger partial charge in [0.1, 0.15) is 7.05 Å². The molecule has 5 nitrogen and oxygen atoms in total. The van der Waals surface area contributed by atoms with Crippen molar-refractivity contribution in [2.75, 3.05) is 0 Å². The first-order valence-corrected chi connectivity index (χ1v) is 6.18. The van der Waals surface area contributed by atoms with Crippen LogP contribution in [0.2, 0.25) is 0 Å². The summed E-state index contributed by atoms with van der Waals surface area (Å²) in [6, 6.07) is 3.39. The molecule has 0 aliphatic rings. The molecule has 2 amide bonds. The topological polar surface area (TPSA) is 62.1 Å². The van der Waals surface area contributed by atoms with Crippen molar-refractivity contribution in [2.24, 2.45) is 7.05 Å². The smallest absolute Gasteiger partial charge is 0.270 e. The summed E-state index contributed by atoms with van der Waals surface area (Å²) in [4.78, 5) is 23.0. The molecule has 0 fully saturated rings. The van der Waals surface area contributed by atoms with Crippen LogP contribution in [0.15, 0.2) is 24.5 Å². The first-order chi connectivity index (χ1) is 8.63. The van der Waals surface area contributed by atoms with E-state index in [2.05, 4.69) is 17.8 Å². The van der Waals surface area contributed by atoms with Crippen molar-refractivity contribution in [1.82, 2.24) is 10.9 Å². The Morgan fingerprint density at radius 1 is 1.17 bits per heavy atom. The fourth-order valence-corrected chi connectivity index (χ4v) is 1.45. The van der Waals surface area contributed by atoms with Crippen LogP contribution in [-0.2, 0) is 11.8 Å². The highest BCUT2D eigenvalue weighted by molar-refractivity contribution is 5.95. The largest absolute Gasteiger partial charge is 0.273 e. The zero-order valence-corrected chi connectivity index (χ0v) is 10.9. The van der Waals surface area contributed by atoms with Gasteiger partial charge in [-0.15, -0.1) is 0 Å². The molecule has 1 aromatic rings. The second-order valence-electron chi connectivity index (χ2n) is 4.21. The minimum atomic E-state index is -0.306. The summed E-state index contributed by atoms with van der Waals surface area (Å²) in [5.74, 6) is -0.460. The molecule has 0 spiro atoms. The number of rotatable bonds is 5. The average molecular weight is 250 g/mol. The van der Waals surface area contributed by atoms with Gasteiger partial charge in [-0.05, 0) is 6.42 Å². The highest BCUT2D eigenvalue weighted by Gasteiger charge is 2.08.